The van der Waals surface area contributed by atoms with Gasteiger partial charge in [0.2, 0.25) is 5.69 Å². The Kier molecular flexibility index (Phi) is 4.95. The summed E-state index contributed by atoms with van der Waals surface area (Å²) < 4.78 is 40.5. The fourth-order valence-corrected chi connectivity index (χ4v) is 7.15. The van der Waals surface area contributed by atoms with Crippen LogP contribution in [-0.2, 0) is 21.8 Å². The predicted molar refractivity (Wildman–Crippen MR) is 127 cm³/mol. The number of pyridine rings is 3. The van der Waals surface area contributed by atoms with Crippen molar-refractivity contribution in [2.75, 3.05) is 5.75 Å². The molecule has 2 N–H and O–H groups in total. The molecule has 0 spiro atoms. The normalized spacial score (nSPS) is 26.1. The van der Waals surface area contributed by atoms with E-state index in [1.807, 2.05) is 0 Å². The van der Waals surface area contributed by atoms with Crippen LogP contribution in [0.3, 0.4) is 0 Å². The average molecular weight is 479 g/mol. The van der Waals surface area contributed by atoms with Crippen LogP contribution >= 0.6 is 0 Å². The van der Waals surface area contributed by atoms with Gasteiger partial charge in [-0.25, -0.2) is 17.7 Å². The number of sulfone groups is 1. The van der Waals surface area contributed by atoms with Crippen LogP contribution < -0.4 is 5.73 Å². The molecule has 1 aliphatic carbocycles. The number of fused-ring (bicyclic) bond motifs is 1. The SMILES string of the molecule is [C-]#[N+]c1cnc2c(Cc3cc([C@]4(C)CS(=O)(=O)[C@@](C)(C5CC5)C(N)=N4)c(F)cn3)nccc2c1. The zero-order chi connectivity index (χ0) is 24.3. The van der Waals surface area contributed by atoms with Crippen molar-refractivity contribution < 1.29 is 12.8 Å². The van der Waals surface area contributed by atoms with Crippen LogP contribution in [0.15, 0.2) is 41.8 Å². The van der Waals surface area contributed by atoms with Crippen LogP contribution in [-0.4, -0.2) is 39.7 Å². The highest BCUT2D eigenvalue weighted by atomic mass is 32.2. The molecule has 0 aromatic carbocycles. The summed E-state index contributed by atoms with van der Waals surface area (Å²) in [6.45, 7) is 10.4. The molecular formula is C24H23FN6O2S. The third kappa shape index (κ3) is 3.42. The van der Waals surface area contributed by atoms with Crippen LogP contribution in [0.25, 0.3) is 15.7 Å². The molecule has 10 heteroatoms. The number of halogens is 1. The van der Waals surface area contributed by atoms with E-state index in [4.69, 9.17) is 12.3 Å². The Morgan fingerprint density at radius 3 is 2.65 bits per heavy atom. The van der Waals surface area contributed by atoms with E-state index < -0.39 is 25.9 Å². The maximum absolute atomic E-state index is 15.0. The molecule has 0 saturated heterocycles. The lowest BCUT2D eigenvalue weighted by atomic mass is 9.92. The Bertz CT molecular complexity index is 1510. The van der Waals surface area contributed by atoms with Crippen LogP contribution in [0.5, 0.6) is 0 Å². The van der Waals surface area contributed by atoms with Crippen molar-refractivity contribution in [3.8, 4) is 0 Å². The molecule has 1 fully saturated rings. The third-order valence-corrected chi connectivity index (χ3v) is 9.76. The third-order valence-electron chi connectivity index (χ3n) is 6.98. The summed E-state index contributed by atoms with van der Waals surface area (Å²) in [4.78, 5) is 20.9. The minimum absolute atomic E-state index is 0.0389. The van der Waals surface area contributed by atoms with E-state index in [0.29, 0.717) is 22.6 Å². The van der Waals surface area contributed by atoms with E-state index in [2.05, 4.69) is 24.8 Å². The lowest BCUT2D eigenvalue weighted by Crippen LogP contribution is -2.58. The van der Waals surface area contributed by atoms with Crippen LogP contribution in [0, 0.1) is 18.3 Å². The Hall–Kier alpha value is -3.45. The molecule has 4 heterocycles. The molecule has 0 amide bonds. The number of nitrogens with zero attached hydrogens (tertiary/aromatic N) is 5. The first-order valence-electron chi connectivity index (χ1n) is 10.9. The summed E-state index contributed by atoms with van der Waals surface area (Å²) in [5, 5.41) is 0.767. The summed E-state index contributed by atoms with van der Waals surface area (Å²) in [5.74, 6) is -0.977. The first kappa shape index (κ1) is 22.3. The van der Waals surface area contributed by atoms with Gasteiger partial charge in [0.05, 0.1) is 29.7 Å². The van der Waals surface area contributed by atoms with Gasteiger partial charge in [-0.3, -0.25) is 19.9 Å². The van der Waals surface area contributed by atoms with Crippen molar-refractivity contribution >= 4 is 32.3 Å². The average Bonchev–Trinajstić information content (AvgIpc) is 3.64. The fraction of sp³-hybridized carbons (Fsp3) is 0.375. The highest BCUT2D eigenvalue weighted by Gasteiger charge is 2.58. The van der Waals surface area contributed by atoms with Crippen LogP contribution in [0.2, 0.25) is 0 Å². The topological polar surface area (TPSA) is 116 Å². The molecule has 0 unspecified atom stereocenters. The van der Waals surface area contributed by atoms with Gasteiger partial charge in [-0.15, -0.1) is 0 Å². The molecule has 0 bridgehead atoms. The monoisotopic (exact) mass is 478 g/mol. The smallest absolute Gasteiger partial charge is 0.205 e. The molecule has 0 radical (unpaired) electrons. The Morgan fingerprint density at radius 1 is 1.21 bits per heavy atom. The van der Waals surface area contributed by atoms with E-state index in [1.165, 1.54) is 12.3 Å². The molecule has 34 heavy (non-hydrogen) atoms. The number of nitrogens with two attached hydrogens (primary N) is 1. The highest BCUT2D eigenvalue weighted by Crippen LogP contribution is 2.49. The molecular weight excluding hydrogens is 455 g/mol. The zero-order valence-electron chi connectivity index (χ0n) is 18.8. The highest BCUT2D eigenvalue weighted by molar-refractivity contribution is 7.93. The number of amidine groups is 1. The van der Waals surface area contributed by atoms with Crippen molar-refractivity contribution in [1.82, 2.24) is 15.0 Å². The van der Waals surface area contributed by atoms with Gasteiger partial charge in [-0.2, -0.15) is 0 Å². The van der Waals surface area contributed by atoms with Gasteiger partial charge in [0.1, 0.15) is 21.9 Å². The van der Waals surface area contributed by atoms with Crippen LogP contribution in [0.1, 0.15) is 43.6 Å². The Labute approximate surface area is 196 Å². The first-order valence-corrected chi connectivity index (χ1v) is 12.6. The number of hydrogen-bond acceptors (Lipinski definition) is 7. The van der Waals surface area contributed by atoms with E-state index in [-0.39, 0.29) is 29.5 Å². The van der Waals surface area contributed by atoms with Gasteiger partial charge >= 0.3 is 0 Å². The Balaban J connectivity index is 1.55. The molecule has 1 aliphatic heterocycles. The quantitative estimate of drug-likeness (QED) is 0.574. The number of hydrogen-bond donors (Lipinski definition) is 1. The lowest BCUT2D eigenvalue weighted by Gasteiger charge is -2.40. The van der Waals surface area contributed by atoms with E-state index in [9.17, 15) is 12.8 Å². The molecule has 3 aromatic rings. The van der Waals surface area contributed by atoms with E-state index in [0.717, 1.165) is 24.4 Å². The summed E-state index contributed by atoms with van der Waals surface area (Å²) in [6.07, 6.45) is 6.01. The molecule has 174 valence electrons. The van der Waals surface area contributed by atoms with E-state index in [1.54, 1.807) is 32.2 Å². The maximum atomic E-state index is 15.0. The second-order valence-corrected chi connectivity index (χ2v) is 11.7. The van der Waals surface area contributed by atoms with Gasteiger partial charge in [0.15, 0.2) is 9.84 Å². The van der Waals surface area contributed by atoms with Gasteiger partial charge in [0.25, 0.3) is 0 Å². The summed E-state index contributed by atoms with van der Waals surface area (Å²) in [7, 11) is -3.68. The van der Waals surface area contributed by atoms with Gasteiger partial charge < -0.3 is 5.73 Å². The standard InChI is InChI=1S/C24H23FN6O2S/c1-23(13-34(32,33)24(2,15-4-5-15)22(26)31-23)18-9-16(29-12-19(18)25)10-20-21-14(6-7-28-20)8-17(27-3)11-30-21/h6-9,11-12,15H,4-5,10,13H2,1-2H3,(H2,26,31)/t23-,24-/m0/s1. The molecule has 5 rings (SSSR count). The van der Waals surface area contributed by atoms with E-state index >= 15 is 0 Å². The van der Waals surface area contributed by atoms with Crippen molar-refractivity contribution in [1.29, 1.82) is 0 Å². The van der Waals surface area contributed by atoms with Crippen molar-refractivity contribution in [2.24, 2.45) is 16.6 Å². The first-order chi connectivity index (χ1) is 16.1. The van der Waals surface area contributed by atoms with Crippen molar-refractivity contribution in [3.05, 3.63) is 71.0 Å². The second-order valence-electron chi connectivity index (χ2n) is 9.38. The van der Waals surface area contributed by atoms with Crippen molar-refractivity contribution in [3.63, 3.8) is 0 Å². The van der Waals surface area contributed by atoms with Gasteiger partial charge in [0, 0.05) is 30.1 Å². The Morgan fingerprint density at radius 2 is 1.97 bits per heavy atom. The summed E-state index contributed by atoms with van der Waals surface area (Å²) in [5.41, 5.74) is 7.15. The zero-order valence-corrected chi connectivity index (χ0v) is 19.6. The summed E-state index contributed by atoms with van der Waals surface area (Å²) in [6, 6.07) is 5.04. The molecule has 2 atom stereocenters. The largest absolute Gasteiger partial charge is 0.386 e. The molecule has 2 aliphatic rings. The van der Waals surface area contributed by atoms with Gasteiger partial charge in [-0.1, -0.05) is 0 Å². The predicted octanol–water partition coefficient (Wildman–Crippen LogP) is 3.47. The van der Waals surface area contributed by atoms with Crippen LogP contribution in [0.4, 0.5) is 10.1 Å². The molecule has 3 aromatic heterocycles. The summed E-state index contributed by atoms with van der Waals surface area (Å²) >= 11 is 0. The maximum Gasteiger partial charge on any atom is 0.205 e. The molecule has 8 nitrogen and oxygen atoms in total. The lowest BCUT2D eigenvalue weighted by molar-refractivity contribution is 0.461. The number of rotatable bonds is 4. The second kappa shape index (κ2) is 7.53. The minimum Gasteiger partial charge on any atom is -0.386 e. The fourth-order valence-electron chi connectivity index (χ4n) is 4.78. The minimum atomic E-state index is -3.68. The number of aliphatic imine (C=N–C) groups is 1. The van der Waals surface area contributed by atoms with Crippen molar-refractivity contribution in [2.45, 2.75) is 43.4 Å². The van der Waals surface area contributed by atoms with Gasteiger partial charge in [-0.05, 0) is 56.2 Å². The number of aromatic nitrogens is 3. The molecule has 1 saturated carbocycles.